The van der Waals surface area contributed by atoms with E-state index in [9.17, 15) is 13.2 Å². The Bertz CT molecular complexity index is 969. The van der Waals surface area contributed by atoms with E-state index in [1.54, 1.807) is 18.3 Å². The lowest BCUT2D eigenvalue weighted by Gasteiger charge is -2.24. The summed E-state index contributed by atoms with van der Waals surface area (Å²) in [5.41, 5.74) is 1.91. The van der Waals surface area contributed by atoms with E-state index >= 15 is 0 Å². The Hall–Kier alpha value is -2.45. The minimum absolute atomic E-state index is 0.143. The van der Waals surface area contributed by atoms with Crippen LogP contribution in [-0.4, -0.2) is 49.8 Å². The Morgan fingerprint density at radius 3 is 2.47 bits per heavy atom. The van der Waals surface area contributed by atoms with Crippen LogP contribution in [0.4, 0.5) is 5.69 Å². The molecule has 2 heterocycles. The molecule has 1 N–H and O–H groups in total. The zero-order valence-corrected chi connectivity index (χ0v) is 18.7. The van der Waals surface area contributed by atoms with Crippen molar-refractivity contribution in [1.29, 1.82) is 0 Å². The van der Waals surface area contributed by atoms with E-state index in [0.717, 1.165) is 37.3 Å². The molecule has 1 aliphatic heterocycles. The molecular weight excluding hydrogens is 400 g/mol. The average molecular weight is 431 g/mol. The lowest BCUT2D eigenvalue weighted by Crippen LogP contribution is -2.32. The van der Waals surface area contributed by atoms with Crippen molar-refractivity contribution in [2.75, 3.05) is 31.1 Å². The van der Waals surface area contributed by atoms with Crippen LogP contribution in [0.3, 0.4) is 0 Å². The molecule has 1 aromatic heterocycles. The molecule has 1 atom stereocenters. The number of nitrogens with zero attached hydrogens (tertiary/aromatic N) is 3. The number of carbonyl (C=O) groups excluding carboxylic acids is 1. The molecule has 1 fully saturated rings. The summed E-state index contributed by atoms with van der Waals surface area (Å²) in [6.07, 6.45) is 3.81. The number of amides is 1. The molecule has 0 aliphatic carbocycles. The first-order valence-electron chi connectivity index (χ1n) is 10.5. The monoisotopic (exact) mass is 430 g/mol. The molecule has 7 nitrogen and oxygen atoms in total. The average Bonchev–Trinajstić information content (AvgIpc) is 3.29. The maximum absolute atomic E-state index is 13.2. The number of rotatable bonds is 8. The number of carbonyl (C=O) groups is 1. The first kappa shape index (κ1) is 22.2. The summed E-state index contributed by atoms with van der Waals surface area (Å²) in [4.78, 5) is 19.8. The van der Waals surface area contributed by atoms with Gasteiger partial charge in [0.2, 0.25) is 10.0 Å². The van der Waals surface area contributed by atoms with Crippen LogP contribution in [0.15, 0.2) is 47.5 Å². The fraction of sp³-hybridized carbons (Fsp3) is 0.455. The standard InChI is InChI=1S/C22H30N4O3S/c1-4-26(5-2)30(28,29)18-11-12-21(25-14-8-9-15-25)19(16-18)22(27)24-17(3)20-10-6-7-13-23-20/h6-7,10-13,16-17H,4-5,8-9,14-15H2,1-3H3,(H,24,27). The number of hydrogen-bond acceptors (Lipinski definition) is 5. The van der Waals surface area contributed by atoms with Crippen LogP contribution in [0.25, 0.3) is 0 Å². The normalized spacial score (nSPS) is 15.4. The summed E-state index contributed by atoms with van der Waals surface area (Å²) in [5.74, 6) is -0.299. The molecule has 30 heavy (non-hydrogen) atoms. The SMILES string of the molecule is CCN(CC)S(=O)(=O)c1ccc(N2CCCC2)c(C(=O)NC(C)c2ccccn2)c1. The van der Waals surface area contributed by atoms with Gasteiger partial charge in [0.15, 0.2) is 0 Å². The number of aromatic nitrogens is 1. The summed E-state index contributed by atoms with van der Waals surface area (Å²) in [6.45, 7) is 7.96. The van der Waals surface area contributed by atoms with Crippen molar-refractivity contribution >= 4 is 21.6 Å². The third-order valence-corrected chi connectivity index (χ3v) is 7.53. The number of benzene rings is 1. The lowest BCUT2D eigenvalue weighted by molar-refractivity contribution is 0.0939. The first-order valence-corrected chi connectivity index (χ1v) is 11.9. The lowest BCUT2D eigenvalue weighted by atomic mass is 10.1. The molecule has 1 unspecified atom stereocenters. The summed E-state index contributed by atoms with van der Waals surface area (Å²) in [5, 5.41) is 2.98. The maximum Gasteiger partial charge on any atom is 0.253 e. The molecule has 0 saturated carbocycles. The molecule has 3 rings (SSSR count). The largest absolute Gasteiger partial charge is 0.371 e. The van der Waals surface area contributed by atoms with E-state index in [1.165, 1.54) is 10.4 Å². The number of nitrogens with one attached hydrogen (secondary N) is 1. The van der Waals surface area contributed by atoms with Gasteiger partial charge in [-0.1, -0.05) is 19.9 Å². The predicted octanol–water partition coefficient (Wildman–Crippen LogP) is 3.20. The van der Waals surface area contributed by atoms with E-state index in [-0.39, 0.29) is 16.8 Å². The van der Waals surface area contributed by atoms with E-state index in [1.807, 2.05) is 39.0 Å². The van der Waals surface area contributed by atoms with Crippen molar-refractivity contribution in [2.24, 2.45) is 0 Å². The third kappa shape index (κ3) is 4.65. The minimum Gasteiger partial charge on any atom is -0.371 e. The van der Waals surface area contributed by atoms with Gasteiger partial charge in [-0.05, 0) is 50.1 Å². The van der Waals surface area contributed by atoms with Crippen molar-refractivity contribution in [1.82, 2.24) is 14.6 Å². The third-order valence-electron chi connectivity index (χ3n) is 5.48. The molecule has 162 valence electrons. The number of sulfonamides is 1. The van der Waals surface area contributed by atoms with Gasteiger partial charge in [-0.25, -0.2) is 8.42 Å². The Morgan fingerprint density at radius 1 is 1.17 bits per heavy atom. The molecule has 0 spiro atoms. The van der Waals surface area contributed by atoms with Gasteiger partial charge in [0.1, 0.15) is 0 Å². The maximum atomic E-state index is 13.2. The van der Waals surface area contributed by atoms with Crippen LogP contribution >= 0.6 is 0 Å². The van der Waals surface area contributed by atoms with Crippen molar-refractivity contribution in [3.8, 4) is 0 Å². The van der Waals surface area contributed by atoms with Crippen LogP contribution in [-0.2, 0) is 10.0 Å². The van der Waals surface area contributed by atoms with Gasteiger partial charge in [0, 0.05) is 38.1 Å². The second kappa shape index (κ2) is 9.57. The Balaban J connectivity index is 1.97. The van der Waals surface area contributed by atoms with Crippen LogP contribution in [0.5, 0.6) is 0 Å². The molecule has 2 aromatic rings. The van der Waals surface area contributed by atoms with E-state index in [4.69, 9.17) is 0 Å². The molecule has 0 radical (unpaired) electrons. The summed E-state index contributed by atoms with van der Waals surface area (Å²) in [6, 6.07) is 10.1. The summed E-state index contributed by atoms with van der Waals surface area (Å²) >= 11 is 0. The smallest absolute Gasteiger partial charge is 0.253 e. The minimum atomic E-state index is -3.66. The van der Waals surface area contributed by atoms with Crippen molar-refractivity contribution in [2.45, 2.75) is 44.6 Å². The first-order chi connectivity index (χ1) is 14.4. The molecule has 1 amide bonds. The van der Waals surface area contributed by atoms with Crippen LogP contribution in [0.1, 0.15) is 55.7 Å². The van der Waals surface area contributed by atoms with E-state index in [2.05, 4.69) is 15.2 Å². The molecule has 1 aliphatic rings. The Kier molecular flexibility index (Phi) is 7.10. The van der Waals surface area contributed by atoms with Gasteiger partial charge in [-0.15, -0.1) is 0 Å². The second-order valence-electron chi connectivity index (χ2n) is 7.41. The number of pyridine rings is 1. The zero-order chi connectivity index (χ0) is 21.7. The van der Waals surface area contributed by atoms with Crippen molar-refractivity contribution in [3.63, 3.8) is 0 Å². The van der Waals surface area contributed by atoms with Crippen molar-refractivity contribution in [3.05, 3.63) is 53.9 Å². The van der Waals surface area contributed by atoms with Gasteiger partial charge in [0.05, 0.1) is 22.2 Å². The summed E-state index contributed by atoms with van der Waals surface area (Å²) < 4.78 is 27.4. The van der Waals surface area contributed by atoms with Gasteiger partial charge < -0.3 is 10.2 Å². The highest BCUT2D eigenvalue weighted by atomic mass is 32.2. The molecular formula is C22H30N4O3S. The second-order valence-corrected chi connectivity index (χ2v) is 9.35. The van der Waals surface area contributed by atoms with Crippen LogP contribution in [0.2, 0.25) is 0 Å². The Morgan fingerprint density at radius 2 is 1.87 bits per heavy atom. The molecule has 1 aromatic carbocycles. The van der Waals surface area contributed by atoms with E-state index < -0.39 is 10.0 Å². The molecule has 1 saturated heterocycles. The van der Waals surface area contributed by atoms with Gasteiger partial charge in [-0.2, -0.15) is 4.31 Å². The topological polar surface area (TPSA) is 82.6 Å². The summed E-state index contributed by atoms with van der Waals surface area (Å²) in [7, 11) is -3.66. The highest BCUT2D eigenvalue weighted by Crippen LogP contribution is 2.29. The fourth-order valence-corrected chi connectivity index (χ4v) is 5.27. The highest BCUT2D eigenvalue weighted by Gasteiger charge is 2.27. The van der Waals surface area contributed by atoms with Gasteiger partial charge in [-0.3, -0.25) is 9.78 Å². The molecule has 8 heteroatoms. The highest BCUT2D eigenvalue weighted by molar-refractivity contribution is 7.89. The number of anilines is 1. The van der Waals surface area contributed by atoms with Crippen molar-refractivity contribution < 1.29 is 13.2 Å². The predicted molar refractivity (Wildman–Crippen MR) is 118 cm³/mol. The van der Waals surface area contributed by atoms with Crippen LogP contribution < -0.4 is 10.2 Å². The van der Waals surface area contributed by atoms with Gasteiger partial charge >= 0.3 is 0 Å². The zero-order valence-electron chi connectivity index (χ0n) is 17.8. The fourth-order valence-electron chi connectivity index (χ4n) is 3.78. The van der Waals surface area contributed by atoms with Gasteiger partial charge in [0.25, 0.3) is 5.91 Å². The molecule has 0 bridgehead atoms. The van der Waals surface area contributed by atoms with E-state index in [0.29, 0.717) is 18.7 Å². The van der Waals surface area contributed by atoms with Crippen LogP contribution in [0, 0.1) is 0 Å². The number of hydrogen-bond donors (Lipinski definition) is 1. The Labute approximate surface area is 179 Å². The quantitative estimate of drug-likeness (QED) is 0.695.